The van der Waals surface area contributed by atoms with Crippen LogP contribution in [0.1, 0.15) is 94.6 Å². The molecule has 14 aromatic heterocycles. The number of halogens is 2. The zero-order valence-electron chi connectivity index (χ0n) is 71.5. The molecule has 14 heterocycles. The van der Waals surface area contributed by atoms with Crippen LogP contribution in [0.2, 0.25) is 14.8 Å². The van der Waals surface area contributed by atoms with Gasteiger partial charge in [-0.3, -0.25) is 20.4 Å². The number of H-pyrrole nitrogens is 3. The van der Waals surface area contributed by atoms with Crippen molar-refractivity contribution < 1.29 is 78.1 Å². The number of aldehydes is 2. The maximum absolute atomic E-state index is 10.3. The predicted octanol–water partition coefficient (Wildman–Crippen LogP) is 21.4. The molecule has 0 aliphatic rings. The number of carbonyl (C=O) groups excluding carboxylic acids is 2. The van der Waals surface area contributed by atoms with Crippen molar-refractivity contribution in [2.45, 2.75) is 48.8 Å². The standard InChI is InChI=1S/C17H14N6O4.C17H14N6O2.C17H8N4O2.C10H5NO3.C9H13O3.C7H7N3.C5H2BrNO.C5H3BrO2.C2H6.3CH3.Sn/c18-15(22-24)8-1-2-9-10(7-8)21-17(20-9)14-6-4-12(27-14)11-3-5-13(26-11)16(19)23-25;18-15(19)8-1-2-9-10(7-8)23-17(22-9)14-6-4-12(25-14)11-3-5-13(24-11)16(20)21;1-19-16-7-6-14(23-16)13-4-5-15(22-13)17-20-11-3-2-10(9-18)8-12(11)21-17;1-11-10-5-4-9(14-10)8-3-2-7(6-12)13-8;1-3-10-9(11-4-2)8-6-5-7-12-8;8-4-5-1-2-6(9)7(10)3-5;1-7-5-3-2-4(6)8-5;6-5-2-1-4(3-7)8-5;1-2;;;;/h1-7,24-25H,(H2,18,22)(H2,19,23)(H,20,21);1-7H,(H3,18,19)(H3,20,21)(H,22,23);2-8H,(H,20,21);2-6H;5-6,9H,3-4H2,1-2H3;1-3H,9-10H2;2-3H;1-3H;1-2H3;3*1H3;. The first-order chi connectivity index (χ1) is 64.1. The number of amidine groups is 4. The molecule has 0 aliphatic carbocycles. The monoisotopic (exact) mass is 2030 g/mol. The van der Waals surface area contributed by atoms with E-state index in [0.717, 1.165) is 31.6 Å². The molecule has 0 radical (unpaired) electrons. The van der Waals surface area contributed by atoms with Gasteiger partial charge in [-0.1, -0.05) is 24.2 Å². The largest absolute Gasteiger partial charge is 0.477 e. The van der Waals surface area contributed by atoms with Gasteiger partial charge in [-0.2, -0.15) is 25.1 Å². The Hall–Kier alpha value is -17.1. The van der Waals surface area contributed by atoms with Crippen molar-refractivity contribution >= 4 is 152 Å². The average molecular weight is 2030 g/mol. The minimum Gasteiger partial charge on any atom is -0.477 e. The van der Waals surface area contributed by atoms with Gasteiger partial charge < -0.3 is 104 Å². The first kappa shape index (κ1) is 98.1. The number of aromatic nitrogens is 6. The molecule has 4 aromatic carbocycles. The molecule has 0 spiro atoms. The van der Waals surface area contributed by atoms with Crippen molar-refractivity contribution in [2.75, 3.05) is 24.7 Å². The number of anilines is 2. The normalized spacial score (nSPS) is 10.7. The summed E-state index contributed by atoms with van der Waals surface area (Å²) in [5.74, 6) is 9.34. The Morgan fingerprint density at radius 1 is 0.459 bits per heavy atom. The summed E-state index contributed by atoms with van der Waals surface area (Å²) >= 11 is 4.01. The average Bonchev–Trinajstić information content (AvgIpc) is 1.66. The third kappa shape index (κ3) is 26.3. The van der Waals surface area contributed by atoms with Crippen LogP contribution in [-0.2, 0) is 9.47 Å². The summed E-state index contributed by atoms with van der Waals surface area (Å²) in [6.45, 7) is 29.3. The second-order valence-corrected chi connectivity index (χ2v) is 43.4. The van der Waals surface area contributed by atoms with Crippen molar-refractivity contribution in [3.05, 3.63) is 301 Å². The first-order valence-corrected chi connectivity index (χ1v) is 50.9. The third-order valence-corrected chi connectivity index (χ3v) is 23.4. The number of rotatable bonds is 19. The van der Waals surface area contributed by atoms with E-state index in [2.05, 4.69) is 114 Å². The van der Waals surface area contributed by atoms with Crippen molar-refractivity contribution in [1.82, 2.24) is 29.9 Å². The van der Waals surface area contributed by atoms with Gasteiger partial charge in [-0.05, 0) is 226 Å². The van der Waals surface area contributed by atoms with Gasteiger partial charge in [0.1, 0.15) is 5.84 Å². The number of hydrogen-bond acceptors (Lipinski definition) is 28. The fourth-order valence-electron chi connectivity index (χ4n) is 11.3. The summed E-state index contributed by atoms with van der Waals surface area (Å²) < 4.78 is 72.6. The Bertz CT molecular complexity index is 7320. The van der Waals surface area contributed by atoms with Crippen molar-refractivity contribution in [1.29, 1.82) is 21.3 Å². The zero-order valence-corrected chi connectivity index (χ0v) is 77.5. The number of benzene rings is 4. The van der Waals surface area contributed by atoms with E-state index in [1.807, 2.05) is 39.8 Å². The molecule has 0 bridgehead atoms. The van der Waals surface area contributed by atoms with E-state index < -0.39 is 18.4 Å². The number of ether oxygens (including phenoxy) is 2. The van der Waals surface area contributed by atoms with Crippen molar-refractivity contribution in [3.8, 4) is 93.0 Å². The molecule has 18 aromatic rings. The number of fused-ring (bicyclic) bond motifs is 3. The molecule has 0 fully saturated rings. The molecule has 0 unspecified atom stereocenters. The molecule has 18 rings (SSSR count). The zero-order chi connectivity index (χ0) is 96.0. The Balaban J connectivity index is 0.000000162. The maximum Gasteiger partial charge on any atom is 0.346 e. The Morgan fingerprint density at radius 2 is 0.850 bits per heavy atom. The fourth-order valence-corrected chi connectivity index (χ4v) is 14.8. The maximum atomic E-state index is 10.3. The number of nitrogens with zero attached hydrogens (tertiary/aromatic N) is 10. The van der Waals surface area contributed by atoms with Crippen LogP contribution < -0.4 is 38.2 Å². The minimum atomic E-state index is -2.10. The predicted molar refractivity (Wildman–Crippen MR) is 504 cm³/mol. The number of nitrogen functional groups attached to an aromatic ring is 4. The first-order valence-electron chi connectivity index (χ1n) is 39.3. The van der Waals surface area contributed by atoms with E-state index in [-0.39, 0.29) is 58.7 Å². The molecular weight excluding hydrogens is 1950 g/mol. The molecule has 133 heavy (non-hydrogen) atoms. The van der Waals surface area contributed by atoms with Gasteiger partial charge in [0.05, 0.1) is 87.5 Å². The number of nitrogens with one attached hydrogen (secondary N) is 5. The van der Waals surface area contributed by atoms with Crippen LogP contribution in [0.25, 0.3) is 128 Å². The molecule has 0 saturated heterocycles. The van der Waals surface area contributed by atoms with Gasteiger partial charge in [0.25, 0.3) is 0 Å². The van der Waals surface area contributed by atoms with Crippen molar-refractivity contribution in [2.24, 2.45) is 33.2 Å². The van der Waals surface area contributed by atoms with Crippen LogP contribution in [0, 0.1) is 53.2 Å². The molecule has 0 atom stereocenters. The Morgan fingerprint density at radius 3 is 1.26 bits per heavy atom. The third-order valence-electron chi connectivity index (χ3n) is 17.6. The van der Waals surface area contributed by atoms with E-state index in [9.17, 15) is 9.59 Å². The van der Waals surface area contributed by atoms with Gasteiger partial charge in [0, 0.05) is 11.1 Å². The van der Waals surface area contributed by atoms with Crippen LogP contribution in [0.3, 0.4) is 0 Å². The summed E-state index contributed by atoms with van der Waals surface area (Å²) in [4.78, 5) is 59.4. The molecule has 41 heteroatoms. The van der Waals surface area contributed by atoms with Crippen molar-refractivity contribution in [3.63, 3.8) is 0 Å². The van der Waals surface area contributed by atoms with E-state index in [1.165, 1.54) is 0 Å². The van der Waals surface area contributed by atoms with E-state index in [1.54, 1.807) is 194 Å². The van der Waals surface area contributed by atoms with Crippen LogP contribution in [0.4, 0.5) is 29.0 Å². The molecular formula is C92H81Br2N21O17Sn. The van der Waals surface area contributed by atoms with Gasteiger partial charge in [-0.15, -0.1) is 0 Å². The van der Waals surface area contributed by atoms with E-state index >= 15 is 0 Å². The topological polar surface area (TPSA) is 613 Å². The fraction of sp³-hybridized carbons (Fsp3) is 0.109. The van der Waals surface area contributed by atoms with Gasteiger partial charge >= 0.3 is 120 Å². The number of aromatic amines is 3. The van der Waals surface area contributed by atoms with Gasteiger partial charge in [-0.25, -0.2) is 15.0 Å². The van der Waals surface area contributed by atoms with Gasteiger partial charge in [0.15, 0.2) is 137 Å². The summed E-state index contributed by atoms with van der Waals surface area (Å²) in [5.41, 5.74) is 40.5. The summed E-state index contributed by atoms with van der Waals surface area (Å²) in [7, 11) is 0. The van der Waals surface area contributed by atoms with Gasteiger partial charge in [0.2, 0.25) is 5.84 Å². The quantitative estimate of drug-likeness (QED) is 0.00411. The van der Waals surface area contributed by atoms with Crippen LogP contribution in [0.5, 0.6) is 0 Å². The molecule has 0 amide bonds. The number of carbonyl (C=O) groups is 2. The molecule has 0 aliphatic heterocycles. The smallest absolute Gasteiger partial charge is 0.346 e. The number of imidazole rings is 3. The van der Waals surface area contributed by atoms with E-state index in [4.69, 9.17) is 144 Å². The summed E-state index contributed by atoms with van der Waals surface area (Å²) in [6.07, 6.45) is 0.921. The Kier molecular flexibility index (Phi) is 34.4. The number of furan rings is 11. The SMILES string of the molecule is CC.CCOC(OCC)c1cc[c]([Sn]([CH3])([CH3])[CH3])o1.N#Cc1ccc(N)c(N)c1.N/C(=N\O)c1ccc2nc(-c3ccc(-c4ccc(/C(N)=N\O)o4)o3)[nH]c2c1.N=C(N)c1ccc2nc(-c3ccc(-c4ccc(C(=N)N)o4)o3)[nH]c2c1.O=Cc1ccc(Br)o1.[C-]#[N+]c1ccc(-c2ccc(-c3nc4ccc(C#N)cc4[nH]3)o2)o1.[C-]#[N+]c1ccc(-c2ccc(C=O)o2)o1.[C-]#[N+]c1ccc(Br)o1. The molecule has 0 saturated carbocycles. The number of oxime groups is 2. The number of nitriles is 2. The number of hydrogen-bond donors (Lipinski definition) is 13. The number of nitrogens with two attached hydrogens (primary N) is 6. The second-order valence-electron chi connectivity index (χ2n) is 27.6. The van der Waals surface area contributed by atoms with E-state index in [0.29, 0.717) is 172 Å². The second kappa shape index (κ2) is 46.6. The summed E-state index contributed by atoms with van der Waals surface area (Å²) in [6, 6.07) is 61.9. The van der Waals surface area contributed by atoms with Crippen LogP contribution >= 0.6 is 31.9 Å². The van der Waals surface area contributed by atoms with Crippen LogP contribution in [0.15, 0.2) is 274 Å². The minimum absolute atomic E-state index is 0.00238. The molecule has 38 nitrogen and oxygen atoms in total. The van der Waals surface area contributed by atoms with Crippen LogP contribution in [-0.4, -0.2) is 108 Å². The Labute approximate surface area is 776 Å². The summed E-state index contributed by atoms with van der Waals surface area (Å²) in [5, 5.41) is 55.6. The molecule has 19 N–H and O–H groups in total. The molecule has 674 valence electrons.